The second kappa shape index (κ2) is 9.91. The molecule has 1 fully saturated rings. The van der Waals surface area contributed by atoms with Crippen LogP contribution in [-0.4, -0.2) is 44.9 Å². The molecule has 3 aromatic rings. The normalized spacial score (nSPS) is 14.8. The summed E-state index contributed by atoms with van der Waals surface area (Å²) < 4.78 is 46.4. The molecule has 0 unspecified atom stereocenters. The summed E-state index contributed by atoms with van der Waals surface area (Å²) in [6, 6.07) is 19.5. The molecule has 6 nitrogen and oxygen atoms in total. The highest BCUT2D eigenvalue weighted by atomic mass is 35.5. The molecule has 0 atom stereocenters. The summed E-state index contributed by atoms with van der Waals surface area (Å²) in [6.07, 6.45) is 0. The van der Waals surface area contributed by atoms with Gasteiger partial charge in [0, 0.05) is 31.9 Å². The van der Waals surface area contributed by atoms with Crippen LogP contribution in [0.4, 0.5) is 10.1 Å². The van der Waals surface area contributed by atoms with E-state index in [-0.39, 0.29) is 22.1 Å². The van der Waals surface area contributed by atoms with Crippen LogP contribution in [0.15, 0.2) is 77.7 Å². The minimum atomic E-state index is -3.82. The molecule has 3 aromatic carbocycles. The highest BCUT2D eigenvalue weighted by Gasteiger charge is 2.29. The van der Waals surface area contributed by atoms with Gasteiger partial charge in [0.2, 0.25) is 10.0 Å². The zero-order valence-corrected chi connectivity index (χ0v) is 19.2. The lowest BCUT2D eigenvalue weighted by Gasteiger charge is -2.35. The smallest absolute Gasteiger partial charge is 0.340 e. The molecule has 0 N–H and O–H groups in total. The average Bonchev–Trinajstić information content (AvgIpc) is 2.83. The van der Waals surface area contributed by atoms with E-state index in [0.29, 0.717) is 31.7 Å². The van der Waals surface area contributed by atoms with Gasteiger partial charge in [0.05, 0.1) is 15.5 Å². The van der Waals surface area contributed by atoms with Crippen molar-refractivity contribution in [1.82, 2.24) is 4.31 Å². The molecule has 0 saturated carbocycles. The zero-order valence-electron chi connectivity index (χ0n) is 17.7. The number of hydrogen-bond acceptors (Lipinski definition) is 5. The van der Waals surface area contributed by atoms with E-state index in [1.807, 2.05) is 30.3 Å². The van der Waals surface area contributed by atoms with Crippen LogP contribution in [-0.2, 0) is 21.4 Å². The van der Waals surface area contributed by atoms with Crippen molar-refractivity contribution < 1.29 is 22.3 Å². The lowest BCUT2D eigenvalue weighted by molar-refractivity contribution is 0.0472. The Morgan fingerprint density at radius 3 is 2.36 bits per heavy atom. The first kappa shape index (κ1) is 23.2. The van der Waals surface area contributed by atoms with Crippen LogP contribution in [0.3, 0.4) is 0 Å². The maximum absolute atomic E-state index is 13.3. The minimum absolute atomic E-state index is 0.0298. The van der Waals surface area contributed by atoms with Gasteiger partial charge in [0.1, 0.15) is 12.4 Å². The van der Waals surface area contributed by atoms with Crippen LogP contribution >= 0.6 is 11.6 Å². The molecule has 1 heterocycles. The summed E-state index contributed by atoms with van der Waals surface area (Å²) in [7, 11) is -3.82. The SMILES string of the molecule is O=C(OCc1cccc(F)c1)c1cc(S(=O)(=O)N2CCN(c3ccccc3)CC2)ccc1Cl. The Morgan fingerprint density at radius 2 is 1.67 bits per heavy atom. The van der Waals surface area contributed by atoms with Gasteiger partial charge in [0.25, 0.3) is 0 Å². The van der Waals surface area contributed by atoms with E-state index in [0.717, 1.165) is 5.69 Å². The van der Waals surface area contributed by atoms with E-state index < -0.39 is 21.8 Å². The minimum Gasteiger partial charge on any atom is -0.457 e. The van der Waals surface area contributed by atoms with Gasteiger partial charge >= 0.3 is 5.97 Å². The largest absolute Gasteiger partial charge is 0.457 e. The second-order valence-electron chi connectivity index (χ2n) is 7.57. The van der Waals surface area contributed by atoms with Crippen LogP contribution < -0.4 is 4.90 Å². The Bertz CT molecular complexity index is 1250. The predicted octanol–water partition coefficient (Wildman–Crippen LogP) is 4.35. The van der Waals surface area contributed by atoms with Gasteiger partial charge in [0.15, 0.2) is 0 Å². The van der Waals surface area contributed by atoms with Crippen molar-refractivity contribution in [2.75, 3.05) is 31.1 Å². The molecule has 0 radical (unpaired) electrons. The van der Waals surface area contributed by atoms with Gasteiger partial charge in [-0.05, 0) is 48.0 Å². The number of nitrogens with zero attached hydrogens (tertiary/aromatic N) is 2. The number of para-hydroxylation sites is 1. The summed E-state index contributed by atoms with van der Waals surface area (Å²) in [6.45, 7) is 1.59. The van der Waals surface area contributed by atoms with Crippen LogP contribution in [0.2, 0.25) is 5.02 Å². The van der Waals surface area contributed by atoms with Gasteiger partial charge in [-0.3, -0.25) is 0 Å². The molecule has 0 amide bonds. The van der Waals surface area contributed by atoms with Gasteiger partial charge in [-0.25, -0.2) is 17.6 Å². The topological polar surface area (TPSA) is 66.9 Å². The van der Waals surface area contributed by atoms with Crippen molar-refractivity contribution in [2.45, 2.75) is 11.5 Å². The summed E-state index contributed by atoms with van der Waals surface area (Å²) >= 11 is 6.14. The molecule has 33 heavy (non-hydrogen) atoms. The van der Waals surface area contributed by atoms with Crippen LogP contribution in [0.5, 0.6) is 0 Å². The Labute approximate surface area is 197 Å². The average molecular weight is 489 g/mol. The number of hydrogen-bond donors (Lipinski definition) is 0. The number of piperazine rings is 1. The highest BCUT2D eigenvalue weighted by Crippen LogP contribution is 2.26. The molecule has 0 aromatic heterocycles. The fourth-order valence-corrected chi connectivity index (χ4v) is 5.29. The summed E-state index contributed by atoms with van der Waals surface area (Å²) in [4.78, 5) is 14.7. The molecule has 1 aliphatic rings. The number of sulfonamides is 1. The van der Waals surface area contributed by atoms with Crippen molar-refractivity contribution in [3.8, 4) is 0 Å². The van der Waals surface area contributed by atoms with E-state index in [2.05, 4.69) is 4.90 Å². The summed E-state index contributed by atoms with van der Waals surface area (Å²) in [5.74, 6) is -1.22. The van der Waals surface area contributed by atoms with Gasteiger partial charge in [-0.2, -0.15) is 4.31 Å². The third kappa shape index (κ3) is 5.35. The number of anilines is 1. The Kier molecular flexibility index (Phi) is 6.97. The number of ether oxygens (including phenoxy) is 1. The molecule has 1 saturated heterocycles. The van der Waals surface area contributed by atoms with Gasteiger partial charge in [-0.15, -0.1) is 0 Å². The lowest BCUT2D eigenvalue weighted by Crippen LogP contribution is -2.48. The van der Waals surface area contributed by atoms with E-state index in [4.69, 9.17) is 16.3 Å². The number of rotatable bonds is 6. The molecule has 0 spiro atoms. The monoisotopic (exact) mass is 488 g/mol. The first-order chi connectivity index (χ1) is 15.8. The van der Waals surface area contributed by atoms with E-state index in [1.54, 1.807) is 6.07 Å². The fourth-order valence-electron chi connectivity index (χ4n) is 3.65. The molecule has 0 bridgehead atoms. The third-order valence-corrected chi connectivity index (χ3v) is 7.64. The highest BCUT2D eigenvalue weighted by molar-refractivity contribution is 7.89. The number of esters is 1. The van der Waals surface area contributed by atoms with Gasteiger partial charge in [-0.1, -0.05) is 41.9 Å². The van der Waals surface area contributed by atoms with Crippen molar-refractivity contribution in [3.63, 3.8) is 0 Å². The number of carbonyl (C=O) groups is 1. The predicted molar refractivity (Wildman–Crippen MR) is 124 cm³/mol. The van der Waals surface area contributed by atoms with Crippen molar-refractivity contribution >= 4 is 33.3 Å². The Balaban J connectivity index is 1.46. The Hall–Kier alpha value is -2.94. The maximum Gasteiger partial charge on any atom is 0.340 e. The molecule has 9 heteroatoms. The molecule has 4 rings (SSSR count). The van der Waals surface area contributed by atoms with Crippen molar-refractivity contribution in [2.24, 2.45) is 0 Å². The zero-order chi connectivity index (χ0) is 23.4. The van der Waals surface area contributed by atoms with E-state index >= 15 is 0 Å². The number of carbonyl (C=O) groups excluding carboxylic acids is 1. The van der Waals surface area contributed by atoms with Crippen LogP contribution in [0.25, 0.3) is 0 Å². The maximum atomic E-state index is 13.3. The first-order valence-electron chi connectivity index (χ1n) is 10.4. The molecule has 1 aliphatic heterocycles. The molecule has 0 aliphatic carbocycles. The van der Waals surface area contributed by atoms with Crippen molar-refractivity contribution in [3.05, 3.63) is 94.8 Å². The lowest BCUT2D eigenvalue weighted by atomic mass is 10.2. The van der Waals surface area contributed by atoms with E-state index in [9.17, 15) is 17.6 Å². The van der Waals surface area contributed by atoms with Crippen molar-refractivity contribution in [1.29, 1.82) is 0 Å². The summed E-state index contributed by atoms with van der Waals surface area (Å²) in [5.41, 5.74) is 1.46. The number of benzene rings is 3. The molecular weight excluding hydrogens is 467 g/mol. The molecule has 172 valence electrons. The van der Waals surface area contributed by atoms with Crippen LogP contribution in [0, 0.1) is 5.82 Å². The van der Waals surface area contributed by atoms with E-state index in [1.165, 1.54) is 40.7 Å². The molecular formula is C24H22ClFN2O4S. The Morgan fingerprint density at radius 1 is 0.939 bits per heavy atom. The first-order valence-corrected chi connectivity index (χ1v) is 12.2. The number of halogens is 2. The fraction of sp³-hybridized carbons (Fsp3) is 0.208. The van der Waals surface area contributed by atoms with Crippen LogP contribution in [0.1, 0.15) is 15.9 Å². The van der Waals surface area contributed by atoms with Gasteiger partial charge < -0.3 is 9.64 Å². The standard InChI is InChI=1S/C24H22ClFN2O4S/c25-23-10-9-21(16-22(23)24(29)32-17-18-5-4-6-19(26)15-18)33(30,31)28-13-11-27(12-14-28)20-7-2-1-3-8-20/h1-10,15-16H,11-14,17H2. The third-order valence-electron chi connectivity index (χ3n) is 5.41. The summed E-state index contributed by atoms with van der Waals surface area (Å²) in [5, 5.41) is 0.0760. The second-order valence-corrected chi connectivity index (χ2v) is 9.92. The quantitative estimate of drug-likeness (QED) is 0.483.